The van der Waals surface area contributed by atoms with Crippen molar-refractivity contribution in [3.05, 3.63) is 125 Å². The molecular formula is C27H20ClF3N2O3S. The van der Waals surface area contributed by atoms with Gasteiger partial charge in [-0.15, -0.1) is 0 Å². The highest BCUT2D eigenvalue weighted by Gasteiger charge is 2.31. The molecule has 1 amide bonds. The Morgan fingerprint density at radius 1 is 0.838 bits per heavy atom. The van der Waals surface area contributed by atoms with Gasteiger partial charge in [-0.1, -0.05) is 60.1 Å². The maximum Gasteiger partial charge on any atom is 0.416 e. The van der Waals surface area contributed by atoms with Crippen molar-refractivity contribution < 1.29 is 26.4 Å². The Bertz CT molecular complexity index is 1500. The van der Waals surface area contributed by atoms with E-state index < -0.39 is 27.7 Å². The predicted octanol–water partition coefficient (Wildman–Crippen LogP) is 7.01. The Labute approximate surface area is 217 Å². The molecule has 0 radical (unpaired) electrons. The standard InChI is InChI=1S/C27H20ClF3N2O3S/c28-24-16-15-21(27(29,30)31)17-25(24)32-26(34)20-13-11-19(12-14-20)18-33(22-7-3-1-4-8-22)37(35,36)23-9-5-2-6-10-23/h1-17H,18H2,(H,32,34). The minimum absolute atomic E-state index is 0.0113. The van der Waals surface area contributed by atoms with Crippen LogP contribution in [0, 0.1) is 0 Å². The number of hydrogen-bond acceptors (Lipinski definition) is 3. The van der Waals surface area contributed by atoms with Crippen LogP contribution in [-0.2, 0) is 22.7 Å². The summed E-state index contributed by atoms with van der Waals surface area (Å²) >= 11 is 5.97. The van der Waals surface area contributed by atoms with E-state index in [9.17, 15) is 26.4 Å². The SMILES string of the molecule is O=C(Nc1cc(C(F)(F)F)ccc1Cl)c1ccc(CN(c2ccccc2)S(=O)(=O)c2ccccc2)cc1. The number of nitrogens with one attached hydrogen (secondary N) is 1. The predicted molar refractivity (Wildman–Crippen MR) is 137 cm³/mol. The zero-order chi connectivity index (χ0) is 26.6. The molecule has 0 saturated heterocycles. The number of nitrogens with zero attached hydrogens (tertiary/aromatic N) is 1. The molecule has 4 aromatic rings. The number of amides is 1. The van der Waals surface area contributed by atoms with Gasteiger partial charge in [-0.2, -0.15) is 13.2 Å². The summed E-state index contributed by atoms with van der Waals surface area (Å²) in [6.07, 6.45) is -4.59. The number of para-hydroxylation sites is 1. The van der Waals surface area contributed by atoms with Crippen LogP contribution in [0.25, 0.3) is 0 Å². The average molecular weight is 545 g/mol. The van der Waals surface area contributed by atoms with E-state index in [1.807, 2.05) is 0 Å². The highest BCUT2D eigenvalue weighted by Crippen LogP contribution is 2.34. The van der Waals surface area contributed by atoms with Gasteiger partial charge < -0.3 is 5.32 Å². The highest BCUT2D eigenvalue weighted by atomic mass is 35.5. The van der Waals surface area contributed by atoms with E-state index in [0.29, 0.717) is 11.3 Å². The van der Waals surface area contributed by atoms with Gasteiger partial charge in [-0.25, -0.2) is 8.42 Å². The van der Waals surface area contributed by atoms with Gasteiger partial charge in [0.15, 0.2) is 0 Å². The molecule has 0 aliphatic carbocycles. The Kier molecular flexibility index (Phi) is 7.56. The summed E-state index contributed by atoms with van der Waals surface area (Å²) < 4.78 is 67.2. The van der Waals surface area contributed by atoms with Crippen molar-refractivity contribution in [3.8, 4) is 0 Å². The average Bonchev–Trinajstić information content (AvgIpc) is 2.89. The third-order valence-electron chi connectivity index (χ3n) is 5.46. The van der Waals surface area contributed by atoms with Crippen LogP contribution >= 0.6 is 11.6 Å². The van der Waals surface area contributed by atoms with Crippen LogP contribution in [-0.4, -0.2) is 14.3 Å². The van der Waals surface area contributed by atoms with Crippen LogP contribution in [0.5, 0.6) is 0 Å². The molecule has 1 N–H and O–H groups in total. The zero-order valence-electron chi connectivity index (χ0n) is 19.1. The quantitative estimate of drug-likeness (QED) is 0.272. The fraction of sp³-hybridized carbons (Fsp3) is 0.0741. The molecule has 0 aliphatic rings. The van der Waals surface area contributed by atoms with Gasteiger partial charge in [0.25, 0.3) is 15.9 Å². The maximum absolute atomic E-state index is 13.4. The number of hydrogen-bond donors (Lipinski definition) is 1. The molecule has 37 heavy (non-hydrogen) atoms. The maximum atomic E-state index is 13.4. The minimum Gasteiger partial charge on any atom is -0.321 e. The smallest absolute Gasteiger partial charge is 0.321 e. The van der Waals surface area contributed by atoms with E-state index in [4.69, 9.17) is 11.6 Å². The molecule has 0 aromatic heterocycles. The lowest BCUT2D eigenvalue weighted by Gasteiger charge is -2.25. The normalized spacial score (nSPS) is 11.7. The number of halogens is 4. The molecule has 0 bridgehead atoms. The van der Waals surface area contributed by atoms with Gasteiger partial charge in [-0.3, -0.25) is 9.10 Å². The van der Waals surface area contributed by atoms with Crippen molar-refractivity contribution in [3.63, 3.8) is 0 Å². The fourth-order valence-corrected chi connectivity index (χ4v) is 5.19. The van der Waals surface area contributed by atoms with Gasteiger partial charge in [0.2, 0.25) is 0 Å². The first-order valence-electron chi connectivity index (χ1n) is 11.0. The second kappa shape index (κ2) is 10.7. The van der Waals surface area contributed by atoms with Crippen LogP contribution in [0.2, 0.25) is 5.02 Å². The Balaban J connectivity index is 1.57. The lowest BCUT2D eigenvalue weighted by molar-refractivity contribution is -0.137. The molecule has 0 spiro atoms. The molecular weight excluding hydrogens is 525 g/mol. The molecule has 10 heteroatoms. The number of rotatable bonds is 7. The summed E-state index contributed by atoms with van der Waals surface area (Å²) in [6, 6.07) is 25.4. The topological polar surface area (TPSA) is 66.5 Å². The van der Waals surface area contributed by atoms with Crippen LogP contribution in [0.1, 0.15) is 21.5 Å². The van der Waals surface area contributed by atoms with Crippen molar-refractivity contribution in [2.45, 2.75) is 17.6 Å². The van der Waals surface area contributed by atoms with Gasteiger partial charge in [0.1, 0.15) is 0 Å². The molecule has 5 nitrogen and oxygen atoms in total. The van der Waals surface area contributed by atoms with Crippen molar-refractivity contribution in [1.29, 1.82) is 0 Å². The summed E-state index contributed by atoms with van der Waals surface area (Å²) in [7, 11) is -3.89. The lowest BCUT2D eigenvalue weighted by Crippen LogP contribution is -2.30. The van der Waals surface area contributed by atoms with Gasteiger partial charge >= 0.3 is 6.18 Å². The van der Waals surface area contributed by atoms with E-state index in [-0.39, 0.29) is 27.7 Å². The number of sulfonamides is 1. The Morgan fingerprint density at radius 3 is 2.03 bits per heavy atom. The van der Waals surface area contributed by atoms with E-state index in [2.05, 4.69) is 5.32 Å². The van der Waals surface area contributed by atoms with Gasteiger partial charge in [-0.05, 0) is 60.2 Å². The summed E-state index contributed by atoms with van der Waals surface area (Å²) in [5, 5.41) is 2.35. The van der Waals surface area contributed by atoms with E-state index >= 15 is 0 Å². The molecule has 0 heterocycles. The zero-order valence-corrected chi connectivity index (χ0v) is 20.7. The van der Waals surface area contributed by atoms with Gasteiger partial charge in [0, 0.05) is 5.56 Å². The number of alkyl halides is 3. The molecule has 0 saturated carbocycles. The number of benzene rings is 4. The Morgan fingerprint density at radius 2 is 1.43 bits per heavy atom. The van der Waals surface area contributed by atoms with Crippen LogP contribution in [0.4, 0.5) is 24.5 Å². The summed E-state index contributed by atoms with van der Waals surface area (Å²) in [5.41, 5.74) is 0.108. The monoisotopic (exact) mass is 544 g/mol. The van der Waals surface area contributed by atoms with Crippen molar-refractivity contribution in [1.82, 2.24) is 0 Å². The molecule has 0 atom stereocenters. The molecule has 0 aliphatic heterocycles. The third kappa shape index (κ3) is 6.12. The van der Waals surface area contributed by atoms with Crippen LogP contribution in [0.15, 0.2) is 108 Å². The molecule has 4 rings (SSSR count). The molecule has 0 fully saturated rings. The first-order valence-corrected chi connectivity index (χ1v) is 12.8. The van der Waals surface area contributed by atoms with Crippen LogP contribution < -0.4 is 9.62 Å². The number of anilines is 2. The van der Waals surface area contributed by atoms with Crippen LogP contribution in [0.3, 0.4) is 0 Å². The number of carbonyl (C=O) groups is 1. The first kappa shape index (κ1) is 26.2. The second-order valence-corrected chi connectivity index (χ2v) is 10.3. The van der Waals surface area contributed by atoms with Gasteiger partial charge in [0.05, 0.1) is 33.4 Å². The van der Waals surface area contributed by atoms with Crippen molar-refractivity contribution in [2.24, 2.45) is 0 Å². The largest absolute Gasteiger partial charge is 0.416 e. The molecule has 4 aromatic carbocycles. The summed E-state index contributed by atoms with van der Waals surface area (Å²) in [5.74, 6) is -0.662. The molecule has 190 valence electrons. The highest BCUT2D eigenvalue weighted by molar-refractivity contribution is 7.92. The first-order chi connectivity index (χ1) is 17.6. The third-order valence-corrected chi connectivity index (χ3v) is 7.58. The van der Waals surface area contributed by atoms with Crippen molar-refractivity contribution in [2.75, 3.05) is 9.62 Å². The number of carbonyl (C=O) groups excluding carboxylic acids is 1. The van der Waals surface area contributed by atoms with Crippen molar-refractivity contribution >= 4 is 38.9 Å². The minimum atomic E-state index is -4.59. The fourth-order valence-electron chi connectivity index (χ4n) is 3.55. The van der Waals surface area contributed by atoms with E-state index in [1.54, 1.807) is 60.7 Å². The molecule has 0 unspecified atom stereocenters. The van der Waals surface area contributed by atoms with E-state index in [1.165, 1.54) is 28.6 Å². The second-order valence-electron chi connectivity index (χ2n) is 8.00. The Hall–Kier alpha value is -3.82. The summed E-state index contributed by atoms with van der Waals surface area (Å²) in [6.45, 7) is -0.0113. The summed E-state index contributed by atoms with van der Waals surface area (Å²) in [4.78, 5) is 12.8. The lowest BCUT2D eigenvalue weighted by atomic mass is 10.1. The van der Waals surface area contributed by atoms with E-state index in [0.717, 1.165) is 18.2 Å².